The maximum atomic E-state index is 13.8. The fourth-order valence-corrected chi connectivity index (χ4v) is 9.68. The quantitative estimate of drug-likeness (QED) is 0.216. The minimum atomic E-state index is -4.53. The first-order chi connectivity index (χ1) is 27.0. The summed E-state index contributed by atoms with van der Waals surface area (Å²) >= 11 is 0. The number of hydrogen-bond donors (Lipinski definition) is 2. The van der Waals surface area contributed by atoms with Gasteiger partial charge in [0.1, 0.15) is 22.4 Å². The van der Waals surface area contributed by atoms with Gasteiger partial charge in [-0.25, -0.2) is 18.3 Å². The van der Waals surface area contributed by atoms with E-state index < -0.39 is 28.8 Å². The van der Waals surface area contributed by atoms with E-state index in [9.17, 15) is 27.0 Å². The van der Waals surface area contributed by atoms with Crippen molar-refractivity contribution in [2.24, 2.45) is 7.05 Å². The first kappa shape index (κ1) is 38.3. The molecule has 13 nitrogen and oxygen atoms in total. The normalized spacial score (nSPS) is 20.4. The Balaban J connectivity index is 0.838. The molecule has 4 aromatic rings. The molecule has 56 heavy (non-hydrogen) atoms. The van der Waals surface area contributed by atoms with Crippen LogP contribution in [0.15, 0.2) is 53.6 Å². The summed E-state index contributed by atoms with van der Waals surface area (Å²) in [7, 11) is 0.534. The number of carbonyl (C=O) groups is 2. The minimum absolute atomic E-state index is 0.0391. The largest absolute Gasteiger partial charge is 0.421 e. The van der Waals surface area contributed by atoms with Crippen LogP contribution in [0, 0.1) is 0 Å². The van der Waals surface area contributed by atoms with Gasteiger partial charge in [0.25, 0.3) is 0 Å². The van der Waals surface area contributed by atoms with Gasteiger partial charge in [-0.3, -0.25) is 24.6 Å². The molecule has 1 unspecified atom stereocenters. The van der Waals surface area contributed by atoms with E-state index in [0.29, 0.717) is 57.3 Å². The van der Waals surface area contributed by atoms with Crippen LogP contribution in [0.4, 0.5) is 35.5 Å². The third-order valence-corrected chi connectivity index (χ3v) is 13.0. The van der Waals surface area contributed by atoms with Crippen molar-refractivity contribution in [2.75, 3.05) is 60.9 Å². The van der Waals surface area contributed by atoms with Crippen LogP contribution in [-0.2, 0) is 35.5 Å². The van der Waals surface area contributed by atoms with Gasteiger partial charge in [0, 0.05) is 70.4 Å². The lowest BCUT2D eigenvalue weighted by Crippen LogP contribution is -2.49. The molecule has 0 spiro atoms. The number of nitrogens with zero attached hydrogens (tertiary/aromatic N) is 8. The van der Waals surface area contributed by atoms with E-state index in [4.69, 9.17) is 0 Å². The van der Waals surface area contributed by atoms with E-state index in [2.05, 4.69) is 48.8 Å². The van der Waals surface area contributed by atoms with E-state index >= 15 is 0 Å². The van der Waals surface area contributed by atoms with Gasteiger partial charge in [-0.15, -0.1) is 0 Å². The molecule has 6 heterocycles. The molecular formula is C39H47F3N10O3S. The number of imide groups is 1. The molecule has 0 aliphatic carbocycles. The number of halogens is 3. The number of carbonyl (C=O) groups excluding carboxylic acids is 2. The average Bonchev–Trinajstić information content (AvgIpc) is 3.53. The Labute approximate surface area is 326 Å². The molecule has 4 fully saturated rings. The van der Waals surface area contributed by atoms with Gasteiger partial charge in [-0.2, -0.15) is 23.3 Å². The van der Waals surface area contributed by atoms with Crippen molar-refractivity contribution in [1.82, 2.24) is 34.3 Å². The number of nitrogens with one attached hydrogen (secondary N) is 2. The first-order valence-electron chi connectivity index (χ1n) is 19.5. The zero-order valence-electron chi connectivity index (χ0n) is 31.4. The Bertz CT molecular complexity index is 2110. The second-order valence-corrected chi connectivity index (χ2v) is 16.7. The third-order valence-electron chi connectivity index (χ3n) is 11.5. The Morgan fingerprint density at radius 3 is 2.41 bits per heavy atom. The van der Waals surface area contributed by atoms with E-state index in [1.54, 1.807) is 9.58 Å². The summed E-state index contributed by atoms with van der Waals surface area (Å²) in [6.07, 6.45) is 2.61. The van der Waals surface area contributed by atoms with E-state index in [-0.39, 0.29) is 30.1 Å². The van der Waals surface area contributed by atoms with Crippen LogP contribution in [0.3, 0.4) is 0 Å². The molecule has 4 saturated heterocycles. The SMILES string of the molecule is Cn1nc(N2CCC(=O)NC2=O)c2ccc(C3CCN(Cc4cccc(S(=O)N5CCC(Nc6ncc(C(F)(F)F)c(N7CCCCC7)n6)CC5)c4)CC3)cc21. The first-order valence-corrected chi connectivity index (χ1v) is 20.6. The maximum Gasteiger partial charge on any atom is 0.421 e. The standard InChI is InChI=1S/C39H47F3N10O3S/c1-48-33-23-28(8-9-31(33)35(47-48)52-21-14-34(53)45-38(52)54)27-10-17-49(18-11-27)25-26-6-5-7-30(22-26)56(55)51-19-12-29(13-20-51)44-37-43-24-32(39(40,41)42)36(46-37)50-15-3-2-4-16-50/h5-9,22-24,27,29H,2-4,10-21,25H2,1H3,(H,43,44,46)(H,45,53,54). The highest BCUT2D eigenvalue weighted by Gasteiger charge is 2.37. The van der Waals surface area contributed by atoms with Crippen molar-refractivity contribution >= 4 is 51.4 Å². The van der Waals surface area contributed by atoms with E-state index in [1.165, 1.54) is 10.5 Å². The molecule has 0 radical (unpaired) electrons. The van der Waals surface area contributed by atoms with Gasteiger partial charge >= 0.3 is 12.2 Å². The van der Waals surface area contributed by atoms with Crippen molar-refractivity contribution in [1.29, 1.82) is 0 Å². The number of anilines is 3. The fraction of sp³-hybridized carbons (Fsp3) is 0.513. The number of piperidine rings is 3. The molecular weight excluding hydrogens is 746 g/mol. The molecule has 4 aliphatic heterocycles. The predicted molar refractivity (Wildman–Crippen MR) is 208 cm³/mol. The number of likely N-dealkylation sites (tertiary alicyclic amines) is 1. The number of fused-ring (bicyclic) bond motifs is 1. The van der Waals surface area contributed by atoms with Crippen LogP contribution in [0.2, 0.25) is 0 Å². The van der Waals surface area contributed by atoms with Crippen LogP contribution in [0.1, 0.15) is 74.0 Å². The summed E-state index contributed by atoms with van der Waals surface area (Å²) in [5.41, 5.74) is 2.51. The second kappa shape index (κ2) is 16.1. The number of hydrogen-bond acceptors (Lipinski definition) is 9. The third kappa shape index (κ3) is 8.25. The van der Waals surface area contributed by atoms with Crippen LogP contribution >= 0.6 is 0 Å². The molecule has 3 amide bonds. The number of benzene rings is 2. The van der Waals surface area contributed by atoms with Crippen molar-refractivity contribution in [2.45, 2.75) is 80.9 Å². The van der Waals surface area contributed by atoms with Crippen LogP contribution in [0.5, 0.6) is 0 Å². The van der Waals surface area contributed by atoms with Crippen LogP contribution in [-0.4, -0.2) is 97.0 Å². The van der Waals surface area contributed by atoms with E-state index in [1.807, 2.05) is 35.6 Å². The lowest BCUT2D eigenvalue weighted by atomic mass is 9.89. The summed E-state index contributed by atoms with van der Waals surface area (Å²) in [5, 5.41) is 11.1. The van der Waals surface area contributed by atoms with E-state index in [0.717, 1.165) is 79.3 Å². The lowest BCUT2D eigenvalue weighted by molar-refractivity contribution is -0.137. The van der Waals surface area contributed by atoms with Gasteiger partial charge in [-0.05, 0) is 99.3 Å². The molecule has 298 valence electrons. The van der Waals surface area contributed by atoms with Gasteiger partial charge < -0.3 is 10.2 Å². The highest BCUT2D eigenvalue weighted by molar-refractivity contribution is 7.82. The number of amides is 3. The van der Waals surface area contributed by atoms with Crippen LogP contribution < -0.4 is 20.4 Å². The van der Waals surface area contributed by atoms with Gasteiger partial charge in [0.2, 0.25) is 11.9 Å². The van der Waals surface area contributed by atoms with Crippen molar-refractivity contribution in [3.05, 3.63) is 65.4 Å². The average molecular weight is 793 g/mol. The van der Waals surface area contributed by atoms with Crippen LogP contribution in [0.25, 0.3) is 10.9 Å². The zero-order chi connectivity index (χ0) is 39.0. The lowest BCUT2D eigenvalue weighted by Gasteiger charge is -2.33. The maximum absolute atomic E-state index is 13.8. The summed E-state index contributed by atoms with van der Waals surface area (Å²) in [5.74, 6) is 0.826. The Morgan fingerprint density at radius 2 is 1.68 bits per heavy atom. The smallest absolute Gasteiger partial charge is 0.356 e. The fourth-order valence-electron chi connectivity index (χ4n) is 8.40. The molecule has 1 atom stereocenters. The monoisotopic (exact) mass is 792 g/mol. The Hall–Kier alpha value is -4.61. The number of aryl methyl sites for hydroxylation is 1. The molecule has 4 aliphatic rings. The summed E-state index contributed by atoms with van der Waals surface area (Å²) in [6, 6.07) is 13.9. The molecule has 0 saturated carbocycles. The summed E-state index contributed by atoms with van der Waals surface area (Å²) in [6.45, 7) is 5.16. The van der Waals surface area contributed by atoms with Crippen molar-refractivity contribution in [3.8, 4) is 0 Å². The molecule has 0 bridgehead atoms. The van der Waals surface area contributed by atoms with Crippen molar-refractivity contribution < 1.29 is 27.0 Å². The highest BCUT2D eigenvalue weighted by atomic mass is 32.2. The minimum Gasteiger partial charge on any atom is -0.356 e. The molecule has 2 aromatic heterocycles. The van der Waals surface area contributed by atoms with Gasteiger partial charge in [-0.1, -0.05) is 18.2 Å². The zero-order valence-corrected chi connectivity index (χ0v) is 32.2. The van der Waals surface area contributed by atoms with Gasteiger partial charge in [0.05, 0.1) is 10.4 Å². The number of rotatable bonds is 9. The molecule has 2 N–H and O–H groups in total. The Morgan fingerprint density at radius 1 is 0.911 bits per heavy atom. The molecule has 2 aromatic carbocycles. The molecule has 17 heteroatoms. The summed E-state index contributed by atoms with van der Waals surface area (Å²) in [4.78, 5) is 39.0. The Kier molecular flexibility index (Phi) is 11.0. The van der Waals surface area contributed by atoms with Gasteiger partial charge in [0.15, 0.2) is 5.82 Å². The number of alkyl halides is 3. The second-order valence-electron chi connectivity index (χ2n) is 15.2. The molecule has 8 rings (SSSR count). The predicted octanol–water partition coefficient (Wildman–Crippen LogP) is 5.80. The topological polar surface area (TPSA) is 132 Å². The van der Waals surface area contributed by atoms with Crippen molar-refractivity contribution in [3.63, 3.8) is 0 Å². The summed E-state index contributed by atoms with van der Waals surface area (Å²) < 4.78 is 58.9. The number of aromatic nitrogens is 4. The highest BCUT2D eigenvalue weighted by Crippen LogP contribution is 2.37. The number of urea groups is 1.